The van der Waals surface area contributed by atoms with E-state index in [9.17, 15) is 9.11 Å². The van der Waals surface area contributed by atoms with E-state index in [1.807, 2.05) is 0 Å². The van der Waals surface area contributed by atoms with E-state index < -0.39 is 10.6 Å². The Morgan fingerprint density at radius 1 is 0.588 bits per heavy atom. The van der Waals surface area contributed by atoms with Gasteiger partial charge in [-0.2, -0.15) is 0 Å². The molecule has 0 aromatic heterocycles. The fourth-order valence-corrected chi connectivity index (χ4v) is 2.71. The van der Waals surface area contributed by atoms with Gasteiger partial charge in [0.1, 0.15) is 11.5 Å². The molecule has 4 nitrogen and oxygen atoms in total. The summed E-state index contributed by atoms with van der Waals surface area (Å²) in [6.45, 7) is 0. The largest absolute Gasteiger partial charge is 0.508 e. The van der Waals surface area contributed by atoms with Crippen LogP contribution in [0.15, 0.2) is 58.3 Å². The van der Waals surface area contributed by atoms with Gasteiger partial charge < -0.3 is 10.2 Å². The van der Waals surface area contributed by atoms with Crippen LogP contribution in [0.5, 0.6) is 11.5 Å². The molecule has 0 spiro atoms. The highest BCUT2D eigenvalue weighted by molar-refractivity contribution is 8.24. The van der Waals surface area contributed by atoms with Gasteiger partial charge in [0, 0.05) is 0 Å². The summed E-state index contributed by atoms with van der Waals surface area (Å²) < 4.78 is 20.2. The molecule has 0 radical (unpaired) electrons. The lowest BCUT2D eigenvalue weighted by atomic mass is 10.3. The summed E-state index contributed by atoms with van der Waals surface area (Å²) in [5, 5.41) is 18.3. The van der Waals surface area contributed by atoms with Crippen LogP contribution in [0.1, 0.15) is 0 Å². The minimum atomic E-state index is -3.09. The number of benzene rings is 2. The van der Waals surface area contributed by atoms with Crippen LogP contribution in [0.3, 0.4) is 0 Å². The van der Waals surface area contributed by atoms with Crippen molar-refractivity contribution in [2.75, 3.05) is 0 Å². The third-order valence-corrected chi connectivity index (χ3v) is 4.19. The van der Waals surface area contributed by atoms with Crippen LogP contribution < -0.4 is 0 Å². The van der Waals surface area contributed by atoms with Gasteiger partial charge in [0.25, 0.3) is 0 Å². The zero-order chi connectivity index (χ0) is 12.5. The third kappa shape index (κ3) is 2.36. The molecule has 0 fully saturated rings. The Morgan fingerprint density at radius 3 is 1.18 bits per heavy atom. The van der Waals surface area contributed by atoms with E-state index >= 15 is 0 Å². The first-order valence-electron chi connectivity index (χ1n) is 4.86. The van der Waals surface area contributed by atoms with Crippen molar-refractivity contribution in [3.05, 3.63) is 48.5 Å². The molecule has 0 heterocycles. The van der Waals surface area contributed by atoms with Crippen molar-refractivity contribution in [1.82, 2.24) is 0 Å². The van der Waals surface area contributed by atoms with Gasteiger partial charge in [0.2, 0.25) is 0 Å². The van der Waals surface area contributed by atoms with Crippen LogP contribution in [-0.2, 0) is 0 Å². The predicted molar refractivity (Wildman–Crippen MR) is 65.6 cm³/mol. The average Bonchev–Trinajstić information content (AvgIpc) is 2.30. The highest BCUT2D eigenvalue weighted by atomic mass is 32.3. The molecule has 2 aromatic carbocycles. The summed E-state index contributed by atoms with van der Waals surface area (Å²) in [7, 11) is -3.09. The molecular formula is C12H12O4S. The Labute approximate surface area is 100 Å². The molecule has 0 bridgehead atoms. The second-order valence-corrected chi connectivity index (χ2v) is 5.58. The molecule has 0 aliphatic carbocycles. The summed E-state index contributed by atoms with van der Waals surface area (Å²) in [5.41, 5.74) is 0. The number of hydrogen-bond donors (Lipinski definition) is 4. The van der Waals surface area contributed by atoms with Crippen molar-refractivity contribution in [3.63, 3.8) is 0 Å². The first kappa shape index (κ1) is 11.8. The molecule has 4 N–H and O–H groups in total. The molecule has 0 saturated carbocycles. The van der Waals surface area contributed by atoms with Crippen molar-refractivity contribution in [1.29, 1.82) is 0 Å². The van der Waals surface area contributed by atoms with Crippen molar-refractivity contribution >= 4 is 10.6 Å². The molecule has 5 heteroatoms. The Hall–Kier alpha value is -1.69. The fourth-order valence-electron chi connectivity index (χ4n) is 1.41. The second kappa shape index (κ2) is 4.29. The van der Waals surface area contributed by atoms with Gasteiger partial charge in [-0.3, -0.25) is 9.11 Å². The fraction of sp³-hybridized carbons (Fsp3) is 0. The second-order valence-electron chi connectivity index (χ2n) is 3.54. The first-order chi connectivity index (χ1) is 8.00. The van der Waals surface area contributed by atoms with Gasteiger partial charge in [-0.1, -0.05) is 0 Å². The molecule has 17 heavy (non-hydrogen) atoms. The zero-order valence-corrected chi connectivity index (χ0v) is 9.63. The molecule has 0 saturated heterocycles. The third-order valence-electron chi connectivity index (χ3n) is 2.33. The first-order valence-corrected chi connectivity index (χ1v) is 6.41. The van der Waals surface area contributed by atoms with Crippen LogP contribution in [0.4, 0.5) is 0 Å². The highest BCUT2D eigenvalue weighted by Gasteiger charge is 2.18. The molecule has 0 aliphatic heterocycles. The van der Waals surface area contributed by atoms with Gasteiger partial charge in [0.05, 0.1) is 9.79 Å². The topological polar surface area (TPSA) is 80.9 Å². The van der Waals surface area contributed by atoms with Crippen LogP contribution in [0.25, 0.3) is 0 Å². The Morgan fingerprint density at radius 2 is 0.882 bits per heavy atom. The van der Waals surface area contributed by atoms with E-state index in [2.05, 4.69) is 0 Å². The maximum Gasteiger partial charge on any atom is 0.115 e. The number of rotatable bonds is 2. The molecule has 0 unspecified atom stereocenters. The maximum atomic E-state index is 10.1. The standard InChI is InChI=1S/C12H12O4S/c13-9-1-5-11(6-2-9)17(15,16)12-7-3-10(14)4-8-12/h1-8,13-16H. The van der Waals surface area contributed by atoms with Gasteiger partial charge in [-0.15, -0.1) is 10.6 Å². The van der Waals surface area contributed by atoms with Crippen molar-refractivity contribution in [2.45, 2.75) is 9.79 Å². The molecule has 0 amide bonds. The van der Waals surface area contributed by atoms with Gasteiger partial charge in [-0.25, -0.2) is 0 Å². The van der Waals surface area contributed by atoms with Crippen LogP contribution >= 0.6 is 10.6 Å². The number of hydrogen-bond acceptors (Lipinski definition) is 4. The highest BCUT2D eigenvalue weighted by Crippen LogP contribution is 2.55. The summed E-state index contributed by atoms with van der Waals surface area (Å²) in [6.07, 6.45) is 0. The summed E-state index contributed by atoms with van der Waals surface area (Å²) in [4.78, 5) is 0.641. The number of phenolic OH excluding ortho intramolecular Hbond substituents is 2. The number of aromatic hydroxyl groups is 2. The van der Waals surface area contributed by atoms with Crippen LogP contribution in [0, 0.1) is 0 Å². The van der Waals surface area contributed by atoms with Crippen LogP contribution in [-0.4, -0.2) is 19.3 Å². The SMILES string of the molecule is Oc1ccc(S(O)(O)c2ccc(O)cc2)cc1. The lowest BCUT2D eigenvalue weighted by Crippen LogP contribution is -1.98. The molecule has 0 atom stereocenters. The smallest absolute Gasteiger partial charge is 0.115 e. The van der Waals surface area contributed by atoms with Crippen molar-refractivity contribution in [2.24, 2.45) is 0 Å². The predicted octanol–water partition coefficient (Wildman–Crippen LogP) is 3.27. The minimum Gasteiger partial charge on any atom is -0.508 e. The van der Waals surface area contributed by atoms with E-state index in [0.717, 1.165) is 0 Å². The lowest BCUT2D eigenvalue weighted by Gasteiger charge is -2.32. The summed E-state index contributed by atoms with van der Waals surface area (Å²) in [6, 6.07) is 11.4. The quantitative estimate of drug-likeness (QED) is 0.661. The van der Waals surface area contributed by atoms with Gasteiger partial charge in [-0.05, 0) is 48.5 Å². The summed E-state index contributed by atoms with van der Waals surface area (Å²) >= 11 is 0. The van der Waals surface area contributed by atoms with Gasteiger partial charge in [0.15, 0.2) is 0 Å². The Balaban J connectivity index is 2.41. The summed E-state index contributed by atoms with van der Waals surface area (Å²) in [5.74, 6) is 0.129. The average molecular weight is 252 g/mol. The van der Waals surface area contributed by atoms with Crippen molar-refractivity contribution < 1.29 is 19.3 Å². The zero-order valence-electron chi connectivity index (χ0n) is 8.82. The normalized spacial score (nSPS) is 12.4. The number of phenols is 2. The lowest BCUT2D eigenvalue weighted by molar-refractivity contribution is 0.472. The van der Waals surface area contributed by atoms with E-state index in [-0.39, 0.29) is 11.5 Å². The molecular weight excluding hydrogens is 240 g/mol. The Bertz CT molecular complexity index is 458. The van der Waals surface area contributed by atoms with Crippen LogP contribution in [0.2, 0.25) is 0 Å². The Kier molecular flexibility index (Phi) is 2.97. The molecule has 2 aromatic rings. The van der Waals surface area contributed by atoms with E-state index in [1.165, 1.54) is 48.5 Å². The molecule has 2 rings (SSSR count). The molecule has 90 valence electrons. The van der Waals surface area contributed by atoms with Crippen molar-refractivity contribution in [3.8, 4) is 11.5 Å². The van der Waals surface area contributed by atoms with E-state index in [4.69, 9.17) is 10.2 Å². The van der Waals surface area contributed by atoms with E-state index in [1.54, 1.807) is 0 Å². The molecule has 0 aliphatic rings. The maximum absolute atomic E-state index is 10.1. The van der Waals surface area contributed by atoms with E-state index in [0.29, 0.717) is 9.79 Å². The monoisotopic (exact) mass is 252 g/mol. The minimum absolute atomic E-state index is 0.0645. The van der Waals surface area contributed by atoms with Gasteiger partial charge >= 0.3 is 0 Å².